The molecule has 0 spiro atoms. The minimum absolute atomic E-state index is 0.496. The largest absolute Gasteiger partial charge is 0.248 e. The second-order valence-electron chi connectivity index (χ2n) is 2.44. The first kappa shape index (κ1) is 7.66. The van der Waals surface area contributed by atoms with Crippen molar-refractivity contribution < 1.29 is 0 Å². The van der Waals surface area contributed by atoms with Crippen LogP contribution in [-0.2, 0) is 7.05 Å². The van der Waals surface area contributed by atoms with Crippen LogP contribution in [0, 0.1) is 0 Å². The van der Waals surface area contributed by atoms with Crippen molar-refractivity contribution in [1.29, 1.82) is 0 Å². The van der Waals surface area contributed by atoms with Gasteiger partial charge >= 0.3 is 0 Å². The highest BCUT2D eigenvalue weighted by molar-refractivity contribution is 5.73. The smallest absolute Gasteiger partial charge is 0.217 e. The van der Waals surface area contributed by atoms with Gasteiger partial charge in [-0.1, -0.05) is 0 Å². The topological polar surface area (TPSA) is 60.9 Å². The lowest BCUT2D eigenvalue weighted by molar-refractivity contribution is 0.629. The molecular formula is C7H8N6. The third-order valence-corrected chi connectivity index (χ3v) is 1.42. The molecule has 0 amide bonds. The fourth-order valence-corrected chi connectivity index (χ4v) is 0.871. The van der Waals surface area contributed by atoms with Gasteiger partial charge in [0.05, 0.1) is 13.3 Å². The minimum Gasteiger partial charge on any atom is -0.248 e. The van der Waals surface area contributed by atoms with Crippen molar-refractivity contribution in [2.24, 2.45) is 12.1 Å². The Morgan fingerprint density at radius 1 is 1.38 bits per heavy atom. The molecule has 6 nitrogen and oxygen atoms in total. The molecule has 0 aliphatic carbocycles. The molecule has 0 aromatic carbocycles. The van der Waals surface area contributed by atoms with Crippen molar-refractivity contribution in [3.05, 3.63) is 30.4 Å². The van der Waals surface area contributed by atoms with E-state index in [0.29, 0.717) is 5.82 Å². The van der Waals surface area contributed by atoms with Gasteiger partial charge in [-0.25, -0.2) is 4.68 Å². The van der Waals surface area contributed by atoms with Crippen LogP contribution >= 0.6 is 0 Å². The summed E-state index contributed by atoms with van der Waals surface area (Å²) in [6, 6.07) is 3.78. The van der Waals surface area contributed by atoms with E-state index in [1.54, 1.807) is 17.9 Å². The number of hydrogen-bond donors (Lipinski definition) is 0. The van der Waals surface area contributed by atoms with E-state index in [0.717, 1.165) is 0 Å². The van der Waals surface area contributed by atoms with Gasteiger partial charge in [0.15, 0.2) is 0 Å². The molecule has 0 saturated heterocycles. The van der Waals surface area contributed by atoms with Gasteiger partial charge in [-0.2, -0.15) is 9.90 Å². The Labute approximate surface area is 74.5 Å². The lowest BCUT2D eigenvalue weighted by atomic mass is 10.7. The molecular weight excluding hydrogens is 168 g/mol. The fourth-order valence-electron chi connectivity index (χ4n) is 0.871. The van der Waals surface area contributed by atoms with E-state index in [4.69, 9.17) is 0 Å². The second kappa shape index (κ2) is 3.18. The fraction of sp³-hybridized carbons (Fsp3) is 0.143. The summed E-state index contributed by atoms with van der Waals surface area (Å²) in [6.45, 7) is 0. The molecule has 6 heteroatoms. The highest BCUT2D eigenvalue weighted by atomic mass is 15.6. The second-order valence-corrected chi connectivity index (χ2v) is 2.44. The molecule has 66 valence electrons. The molecule has 0 fully saturated rings. The van der Waals surface area contributed by atoms with E-state index in [1.165, 1.54) is 4.80 Å². The van der Waals surface area contributed by atoms with Gasteiger partial charge in [0.2, 0.25) is 5.82 Å². The number of nitrogens with zero attached hydrogens (tertiary/aromatic N) is 6. The summed E-state index contributed by atoms with van der Waals surface area (Å²) in [6.07, 6.45) is 5.20. The van der Waals surface area contributed by atoms with Crippen molar-refractivity contribution >= 4 is 6.21 Å². The Bertz CT molecular complexity index is 398. The van der Waals surface area contributed by atoms with Gasteiger partial charge in [0.25, 0.3) is 0 Å². The molecule has 2 aromatic rings. The summed E-state index contributed by atoms with van der Waals surface area (Å²) >= 11 is 0. The summed E-state index contributed by atoms with van der Waals surface area (Å²) in [5.74, 6) is 0.496. The highest BCUT2D eigenvalue weighted by Crippen LogP contribution is 1.88. The van der Waals surface area contributed by atoms with Gasteiger partial charge in [0, 0.05) is 12.4 Å². The predicted molar refractivity (Wildman–Crippen MR) is 46.2 cm³/mol. The van der Waals surface area contributed by atoms with Crippen LogP contribution in [0.2, 0.25) is 0 Å². The zero-order valence-electron chi connectivity index (χ0n) is 7.07. The molecule has 2 rings (SSSR count). The lowest BCUT2D eigenvalue weighted by Gasteiger charge is -1.87. The zero-order valence-corrected chi connectivity index (χ0v) is 7.07. The normalized spacial score (nSPS) is 11.2. The minimum atomic E-state index is 0.496. The first-order valence-electron chi connectivity index (χ1n) is 3.76. The van der Waals surface area contributed by atoms with Crippen LogP contribution in [-0.4, -0.2) is 31.1 Å². The standard InChI is InChI=1S/C7H8N6/c1-12-10-7(9-11-12)6-8-13-4-2-3-5-13/h2-6H,1H3/b8-6+. The Hall–Kier alpha value is -1.98. The third-order valence-electron chi connectivity index (χ3n) is 1.42. The van der Waals surface area contributed by atoms with E-state index < -0.39 is 0 Å². The molecule has 2 aromatic heterocycles. The van der Waals surface area contributed by atoms with Gasteiger partial charge in [-0.05, 0) is 17.3 Å². The Morgan fingerprint density at radius 2 is 2.15 bits per heavy atom. The quantitative estimate of drug-likeness (QED) is 0.600. The molecule has 0 bridgehead atoms. The van der Waals surface area contributed by atoms with Crippen LogP contribution in [0.25, 0.3) is 0 Å². The first-order chi connectivity index (χ1) is 6.34. The number of hydrogen-bond acceptors (Lipinski definition) is 4. The lowest BCUT2D eigenvalue weighted by Crippen LogP contribution is -1.93. The maximum atomic E-state index is 4.06. The number of aryl methyl sites for hydroxylation is 1. The number of aromatic nitrogens is 5. The van der Waals surface area contributed by atoms with E-state index in [9.17, 15) is 0 Å². The van der Waals surface area contributed by atoms with Crippen molar-refractivity contribution in [2.75, 3.05) is 0 Å². The predicted octanol–water partition coefficient (Wildman–Crippen LogP) is -0.106. The van der Waals surface area contributed by atoms with Gasteiger partial charge in [0.1, 0.15) is 0 Å². The van der Waals surface area contributed by atoms with Crippen molar-refractivity contribution in [1.82, 2.24) is 24.9 Å². The third kappa shape index (κ3) is 1.78. The van der Waals surface area contributed by atoms with E-state index in [1.807, 2.05) is 24.5 Å². The highest BCUT2D eigenvalue weighted by Gasteiger charge is 1.93. The first-order valence-corrected chi connectivity index (χ1v) is 3.76. The van der Waals surface area contributed by atoms with Gasteiger partial charge in [-0.3, -0.25) is 0 Å². The van der Waals surface area contributed by atoms with Crippen LogP contribution in [0.15, 0.2) is 29.6 Å². The van der Waals surface area contributed by atoms with Crippen molar-refractivity contribution in [2.45, 2.75) is 0 Å². The van der Waals surface area contributed by atoms with E-state index in [2.05, 4.69) is 20.5 Å². The SMILES string of the molecule is Cn1nnc(/C=N/n2cccc2)n1. The summed E-state index contributed by atoms with van der Waals surface area (Å²) < 4.78 is 1.66. The van der Waals surface area contributed by atoms with Crippen LogP contribution < -0.4 is 0 Å². The Kier molecular flexibility index (Phi) is 1.87. The van der Waals surface area contributed by atoms with E-state index in [-0.39, 0.29) is 0 Å². The van der Waals surface area contributed by atoms with Crippen LogP contribution in [0.1, 0.15) is 5.82 Å². The van der Waals surface area contributed by atoms with Crippen molar-refractivity contribution in [3.63, 3.8) is 0 Å². The average Bonchev–Trinajstić information content (AvgIpc) is 2.71. The molecule has 0 radical (unpaired) electrons. The summed E-state index contributed by atoms with van der Waals surface area (Å²) in [7, 11) is 1.71. The maximum absolute atomic E-state index is 4.06. The van der Waals surface area contributed by atoms with Crippen LogP contribution in [0.4, 0.5) is 0 Å². The van der Waals surface area contributed by atoms with Crippen LogP contribution in [0.3, 0.4) is 0 Å². The average molecular weight is 176 g/mol. The molecule has 0 atom stereocenters. The van der Waals surface area contributed by atoms with Gasteiger partial charge in [-0.15, -0.1) is 10.2 Å². The molecule has 0 aliphatic heterocycles. The Balaban J connectivity index is 2.14. The summed E-state index contributed by atoms with van der Waals surface area (Å²) in [5, 5.41) is 15.4. The monoisotopic (exact) mass is 176 g/mol. The molecule has 0 aliphatic rings. The summed E-state index contributed by atoms with van der Waals surface area (Å²) in [5.41, 5.74) is 0. The molecule has 0 unspecified atom stereocenters. The van der Waals surface area contributed by atoms with E-state index >= 15 is 0 Å². The van der Waals surface area contributed by atoms with Crippen LogP contribution in [0.5, 0.6) is 0 Å². The zero-order chi connectivity index (χ0) is 9.10. The Morgan fingerprint density at radius 3 is 2.77 bits per heavy atom. The van der Waals surface area contributed by atoms with Crippen molar-refractivity contribution in [3.8, 4) is 0 Å². The molecule has 13 heavy (non-hydrogen) atoms. The molecule has 0 N–H and O–H groups in total. The maximum Gasteiger partial charge on any atom is 0.217 e. The summed E-state index contributed by atoms with van der Waals surface area (Å²) in [4.78, 5) is 1.39. The number of rotatable bonds is 2. The molecule has 0 saturated carbocycles. The molecule has 2 heterocycles. The van der Waals surface area contributed by atoms with Gasteiger partial charge < -0.3 is 0 Å². The number of tetrazole rings is 1.